The van der Waals surface area contributed by atoms with E-state index < -0.39 is 0 Å². The van der Waals surface area contributed by atoms with Crippen LogP contribution in [-0.2, 0) is 11.3 Å². The molecule has 0 aliphatic carbocycles. The summed E-state index contributed by atoms with van der Waals surface area (Å²) in [7, 11) is 1.71. The number of amides is 1. The molecule has 1 fully saturated rings. The van der Waals surface area contributed by atoms with E-state index >= 15 is 0 Å². The molecule has 0 N–H and O–H groups in total. The molecule has 41 heavy (non-hydrogen) atoms. The summed E-state index contributed by atoms with van der Waals surface area (Å²) in [6.07, 6.45) is 2.72. The van der Waals surface area contributed by atoms with Gasteiger partial charge in [0, 0.05) is 62.2 Å². The summed E-state index contributed by atoms with van der Waals surface area (Å²) in [6.45, 7) is 5.90. The van der Waals surface area contributed by atoms with E-state index in [0.717, 1.165) is 31.1 Å². The molecule has 4 aromatic carbocycles. The van der Waals surface area contributed by atoms with E-state index in [4.69, 9.17) is 4.74 Å². The van der Waals surface area contributed by atoms with Crippen molar-refractivity contribution in [2.75, 3.05) is 38.2 Å². The minimum Gasteiger partial charge on any atom is -0.495 e. The third-order valence-electron chi connectivity index (χ3n) is 8.27. The lowest BCUT2D eigenvalue weighted by Crippen LogP contribution is -2.49. The van der Waals surface area contributed by atoms with E-state index in [2.05, 4.69) is 108 Å². The van der Waals surface area contributed by atoms with Crippen molar-refractivity contribution in [3.8, 4) is 5.75 Å². The van der Waals surface area contributed by atoms with Crippen LogP contribution in [-0.4, -0.2) is 48.7 Å². The number of carbonyl (C=O) groups is 1. The van der Waals surface area contributed by atoms with Gasteiger partial charge in [-0.05, 0) is 41.8 Å². The van der Waals surface area contributed by atoms with Gasteiger partial charge >= 0.3 is 0 Å². The highest BCUT2D eigenvalue weighted by Crippen LogP contribution is 2.36. The monoisotopic (exact) mass is 543 g/mol. The van der Waals surface area contributed by atoms with Crippen LogP contribution in [0.3, 0.4) is 0 Å². The van der Waals surface area contributed by atoms with Crippen molar-refractivity contribution >= 4 is 22.5 Å². The van der Waals surface area contributed by atoms with Crippen molar-refractivity contribution in [1.82, 2.24) is 9.47 Å². The van der Waals surface area contributed by atoms with E-state index in [1.54, 1.807) is 7.11 Å². The number of hydrogen-bond donors (Lipinski definition) is 0. The smallest absolute Gasteiger partial charge is 0.223 e. The second kappa shape index (κ2) is 11.9. The van der Waals surface area contributed by atoms with Crippen LogP contribution in [0.15, 0.2) is 109 Å². The van der Waals surface area contributed by atoms with Crippen molar-refractivity contribution in [2.45, 2.75) is 25.8 Å². The Morgan fingerprint density at radius 3 is 2.34 bits per heavy atom. The maximum Gasteiger partial charge on any atom is 0.223 e. The number of carbonyl (C=O) groups excluding carboxylic acids is 1. The van der Waals surface area contributed by atoms with Crippen LogP contribution in [0.5, 0.6) is 5.75 Å². The van der Waals surface area contributed by atoms with Crippen LogP contribution in [0.25, 0.3) is 10.9 Å². The summed E-state index contributed by atoms with van der Waals surface area (Å²) < 4.78 is 7.92. The zero-order valence-corrected chi connectivity index (χ0v) is 23.9. The predicted molar refractivity (Wildman–Crippen MR) is 167 cm³/mol. The quantitative estimate of drug-likeness (QED) is 0.214. The van der Waals surface area contributed by atoms with Crippen molar-refractivity contribution in [3.05, 3.63) is 132 Å². The topological polar surface area (TPSA) is 37.7 Å². The fraction of sp³-hybridized carbons (Fsp3) is 0.250. The summed E-state index contributed by atoms with van der Waals surface area (Å²) in [5, 5.41) is 1.21. The number of benzene rings is 4. The lowest BCUT2D eigenvalue weighted by molar-refractivity contribution is -0.131. The van der Waals surface area contributed by atoms with Gasteiger partial charge in [-0.25, -0.2) is 0 Å². The molecule has 1 saturated heterocycles. The van der Waals surface area contributed by atoms with Crippen LogP contribution in [0.1, 0.15) is 34.6 Å². The average Bonchev–Trinajstić information content (AvgIpc) is 3.38. The predicted octanol–water partition coefficient (Wildman–Crippen LogP) is 6.88. The number of nitrogens with zero attached hydrogens (tertiary/aromatic N) is 3. The lowest BCUT2D eigenvalue weighted by atomic mass is 9.87. The molecule has 0 radical (unpaired) electrons. The number of fused-ring (bicyclic) bond motifs is 1. The molecule has 0 spiro atoms. The van der Waals surface area contributed by atoms with Gasteiger partial charge < -0.3 is 19.1 Å². The number of para-hydroxylation sites is 3. The molecule has 0 bridgehead atoms. The van der Waals surface area contributed by atoms with Gasteiger partial charge in [-0.1, -0.05) is 90.5 Å². The van der Waals surface area contributed by atoms with Gasteiger partial charge in [0.15, 0.2) is 0 Å². The molecular weight excluding hydrogens is 506 g/mol. The van der Waals surface area contributed by atoms with Crippen molar-refractivity contribution in [1.29, 1.82) is 0 Å². The maximum atomic E-state index is 13.9. The Bertz CT molecular complexity index is 1630. The molecule has 208 valence electrons. The summed E-state index contributed by atoms with van der Waals surface area (Å²) in [5.74, 6) is 1.05. The molecular formula is C36H37N3O2. The van der Waals surface area contributed by atoms with Gasteiger partial charge in [0.05, 0.1) is 12.8 Å². The van der Waals surface area contributed by atoms with Crippen LogP contribution < -0.4 is 9.64 Å². The third kappa shape index (κ3) is 5.71. The third-order valence-corrected chi connectivity index (χ3v) is 8.27. The Hall–Kier alpha value is -4.51. The largest absolute Gasteiger partial charge is 0.495 e. The van der Waals surface area contributed by atoms with Crippen molar-refractivity contribution < 1.29 is 9.53 Å². The number of aromatic nitrogens is 1. The Morgan fingerprint density at radius 1 is 0.829 bits per heavy atom. The fourth-order valence-electron chi connectivity index (χ4n) is 6.15. The molecule has 5 aromatic rings. The van der Waals surface area contributed by atoms with Crippen LogP contribution in [0, 0.1) is 6.92 Å². The number of anilines is 1. The average molecular weight is 544 g/mol. The van der Waals surface area contributed by atoms with Gasteiger partial charge in [0.25, 0.3) is 0 Å². The molecule has 5 nitrogen and oxygen atoms in total. The highest BCUT2D eigenvalue weighted by atomic mass is 16.5. The minimum atomic E-state index is -0.0310. The second-order valence-electron chi connectivity index (χ2n) is 10.9. The molecule has 6 rings (SSSR count). The molecule has 2 heterocycles. The van der Waals surface area contributed by atoms with Crippen molar-refractivity contribution in [2.24, 2.45) is 0 Å². The van der Waals surface area contributed by atoms with Crippen LogP contribution in [0.4, 0.5) is 5.69 Å². The van der Waals surface area contributed by atoms with Crippen molar-refractivity contribution in [3.63, 3.8) is 0 Å². The number of rotatable bonds is 8. The van der Waals surface area contributed by atoms with Gasteiger partial charge in [0.2, 0.25) is 5.91 Å². The first-order valence-corrected chi connectivity index (χ1v) is 14.4. The zero-order valence-electron chi connectivity index (χ0n) is 23.9. The van der Waals surface area contributed by atoms with Gasteiger partial charge in [-0.3, -0.25) is 4.79 Å². The van der Waals surface area contributed by atoms with Gasteiger partial charge in [-0.15, -0.1) is 0 Å². The number of ether oxygens (including phenoxy) is 1. The number of aryl methyl sites for hydroxylation is 1. The standard InChI is InChI=1S/C36H37N3O2/c1-27-11-10-14-29(23-27)31(24-36(40)38-21-19-37(20-22-38)34-17-8-9-18-35(34)41-2)32-26-39(25-28-12-4-3-5-13-28)33-16-7-6-15-30(32)33/h3-18,23,26,31H,19-22,24-25H2,1-2H3/t31-/m1/s1. The second-order valence-corrected chi connectivity index (χ2v) is 10.9. The van der Waals surface area contributed by atoms with Gasteiger partial charge in [0.1, 0.15) is 5.75 Å². The molecule has 1 amide bonds. The first-order valence-electron chi connectivity index (χ1n) is 14.4. The number of hydrogen-bond acceptors (Lipinski definition) is 3. The molecule has 1 aliphatic heterocycles. The first kappa shape index (κ1) is 26.7. The zero-order chi connectivity index (χ0) is 28.2. The maximum absolute atomic E-state index is 13.9. The fourth-order valence-corrected chi connectivity index (χ4v) is 6.15. The molecule has 1 aromatic heterocycles. The van der Waals surface area contributed by atoms with Crippen LogP contribution >= 0.6 is 0 Å². The van der Waals surface area contributed by atoms with E-state index in [-0.39, 0.29) is 11.8 Å². The molecule has 0 saturated carbocycles. The Balaban J connectivity index is 1.28. The SMILES string of the molecule is COc1ccccc1N1CCN(C(=O)C[C@H](c2cccc(C)c2)c2cn(Cc3ccccc3)c3ccccc23)CC1. The van der Waals surface area contributed by atoms with E-state index in [0.29, 0.717) is 19.5 Å². The molecule has 1 aliphatic rings. The molecule has 1 atom stereocenters. The molecule has 0 unspecified atom stereocenters. The minimum absolute atomic E-state index is 0.0310. The van der Waals surface area contributed by atoms with E-state index in [1.807, 2.05) is 23.1 Å². The Labute approximate surface area is 242 Å². The number of piperazine rings is 1. The summed E-state index contributed by atoms with van der Waals surface area (Å²) in [6, 6.07) is 35.9. The highest BCUT2D eigenvalue weighted by molar-refractivity contribution is 5.87. The summed E-state index contributed by atoms with van der Waals surface area (Å²) >= 11 is 0. The van der Waals surface area contributed by atoms with E-state index in [1.165, 1.54) is 33.2 Å². The summed E-state index contributed by atoms with van der Waals surface area (Å²) in [4.78, 5) is 18.3. The highest BCUT2D eigenvalue weighted by Gasteiger charge is 2.28. The normalized spacial score (nSPS) is 14.3. The van der Waals surface area contributed by atoms with Crippen LogP contribution in [0.2, 0.25) is 0 Å². The van der Waals surface area contributed by atoms with E-state index in [9.17, 15) is 4.79 Å². The Morgan fingerprint density at radius 2 is 1.56 bits per heavy atom. The lowest BCUT2D eigenvalue weighted by Gasteiger charge is -2.37. The Kier molecular flexibility index (Phi) is 7.77. The number of methoxy groups -OCH3 is 1. The van der Waals surface area contributed by atoms with Gasteiger partial charge in [-0.2, -0.15) is 0 Å². The molecule has 5 heteroatoms. The first-order chi connectivity index (χ1) is 20.1. The summed E-state index contributed by atoms with van der Waals surface area (Å²) in [5.41, 5.74) is 7.15.